The van der Waals surface area contributed by atoms with E-state index >= 15 is 0 Å². The first-order chi connectivity index (χ1) is 32.6. The van der Waals surface area contributed by atoms with Gasteiger partial charge in [0, 0.05) is 44.2 Å². The molecule has 0 radical (unpaired) electrons. The average Bonchev–Trinajstić information content (AvgIpc) is 4.17. The molecule has 10 rings (SSSR count). The van der Waals surface area contributed by atoms with Crippen LogP contribution in [0.3, 0.4) is 0 Å². The van der Waals surface area contributed by atoms with Crippen LogP contribution in [0.15, 0.2) is 101 Å². The smallest absolute Gasteiger partial charge is 0.291 e. The summed E-state index contributed by atoms with van der Waals surface area (Å²) in [5.74, 6) is -2.02. The van der Waals surface area contributed by atoms with Crippen molar-refractivity contribution in [2.45, 2.75) is 76.7 Å². The van der Waals surface area contributed by atoms with E-state index in [0.717, 1.165) is 56.2 Å². The van der Waals surface area contributed by atoms with E-state index in [4.69, 9.17) is 18.3 Å². The Balaban J connectivity index is 0.000000168. The van der Waals surface area contributed by atoms with Crippen LogP contribution in [0.4, 0.5) is 24.5 Å². The fourth-order valence-corrected chi connectivity index (χ4v) is 8.04. The van der Waals surface area contributed by atoms with E-state index in [1.54, 1.807) is 64.7 Å². The quantitative estimate of drug-likeness (QED) is 0.0751. The number of aromatic amines is 2. The summed E-state index contributed by atoms with van der Waals surface area (Å²) in [7, 11) is 0. The van der Waals surface area contributed by atoms with Crippen molar-refractivity contribution in [3.8, 4) is 45.4 Å². The van der Waals surface area contributed by atoms with Crippen LogP contribution < -0.4 is 10.6 Å². The number of rotatable bonds is 14. The van der Waals surface area contributed by atoms with Gasteiger partial charge in [0.25, 0.3) is 11.8 Å². The average molecular weight is 919 g/mol. The lowest BCUT2D eigenvalue weighted by Gasteiger charge is -2.34. The number of furan rings is 2. The van der Waals surface area contributed by atoms with Gasteiger partial charge in [-0.1, -0.05) is 0 Å². The Labute approximate surface area is 380 Å². The Bertz CT molecular complexity index is 2930. The molecule has 21 heteroatoms. The summed E-state index contributed by atoms with van der Waals surface area (Å²) in [6.45, 7) is 5.24. The number of pyridine rings is 2. The van der Waals surface area contributed by atoms with Crippen molar-refractivity contribution in [3.05, 3.63) is 121 Å². The Morgan fingerprint density at radius 1 is 0.687 bits per heavy atom. The Morgan fingerprint density at radius 2 is 1.24 bits per heavy atom. The maximum Gasteiger partial charge on any atom is 0.291 e. The molecule has 8 aromatic heterocycles. The highest BCUT2D eigenvalue weighted by Gasteiger charge is 2.33. The molecule has 0 spiro atoms. The van der Waals surface area contributed by atoms with Gasteiger partial charge in [0.05, 0.1) is 59.2 Å². The molecule has 0 bridgehead atoms. The van der Waals surface area contributed by atoms with E-state index in [-0.39, 0.29) is 64.3 Å². The van der Waals surface area contributed by atoms with Crippen LogP contribution in [-0.4, -0.2) is 87.2 Å². The Hall–Kier alpha value is -7.65. The second kappa shape index (κ2) is 19.8. The lowest BCUT2D eigenvalue weighted by atomic mass is 9.89. The molecule has 18 nitrogen and oxygen atoms in total. The van der Waals surface area contributed by atoms with Crippen molar-refractivity contribution in [1.82, 2.24) is 49.9 Å². The molecule has 2 saturated carbocycles. The molecule has 0 unspecified atom stereocenters. The van der Waals surface area contributed by atoms with Gasteiger partial charge in [-0.05, 0) is 101 Å². The highest BCUT2D eigenvalue weighted by atomic mass is 19.1. The van der Waals surface area contributed by atoms with Crippen LogP contribution in [-0.2, 0) is 9.47 Å². The Morgan fingerprint density at radius 3 is 1.79 bits per heavy atom. The topological polar surface area (TPSA) is 222 Å². The van der Waals surface area contributed by atoms with Crippen molar-refractivity contribution in [1.29, 1.82) is 0 Å². The first-order valence-electron chi connectivity index (χ1n) is 21.8. The van der Waals surface area contributed by atoms with Crippen LogP contribution in [0.5, 0.6) is 0 Å². The van der Waals surface area contributed by atoms with Gasteiger partial charge in [0.2, 0.25) is 5.95 Å². The SMILES string of the molecule is CCOC1CC(n2cc(NC(=O)c3ccc(-c4cn[nH]c4)o3)c(-c3nc(F)ccc3F)n2)C1.CCOC1CCC(n2cc(NC(=O)c3ccc(-c4cn[nH]c4)o3)c(-c3ncccc3F)n2)CC1. The predicted octanol–water partition coefficient (Wildman–Crippen LogP) is 9.04. The van der Waals surface area contributed by atoms with E-state index in [1.807, 2.05) is 13.8 Å². The molecule has 67 heavy (non-hydrogen) atoms. The number of amides is 2. The van der Waals surface area contributed by atoms with Crippen molar-refractivity contribution in [2.75, 3.05) is 23.8 Å². The maximum absolute atomic E-state index is 14.6. The van der Waals surface area contributed by atoms with Gasteiger partial charge in [0.15, 0.2) is 23.2 Å². The largest absolute Gasteiger partial charge is 0.451 e. The number of hydrogen-bond donors (Lipinski definition) is 4. The van der Waals surface area contributed by atoms with Gasteiger partial charge < -0.3 is 28.9 Å². The summed E-state index contributed by atoms with van der Waals surface area (Å²) >= 11 is 0. The molecule has 0 atom stereocenters. The molecule has 8 heterocycles. The number of aromatic nitrogens is 10. The highest BCUT2D eigenvalue weighted by Crippen LogP contribution is 2.38. The van der Waals surface area contributed by atoms with E-state index in [2.05, 4.69) is 51.2 Å². The maximum atomic E-state index is 14.6. The standard InChI is InChI=1S/C24H25FN6O3.C22H20F2N6O3/c1-2-33-17-7-5-16(6-8-17)31-14-19(23(30-31)22-18(25)4-3-11-26-22)29-24(32)21-10-9-20(34-21)15-12-27-28-13-15;1-2-32-14-7-13(8-14)30-11-16(21(29-30)20-15(23)3-6-19(24)28-20)27-22(31)18-5-4-17(33-18)12-9-25-26-10-12/h3-4,9-14,16-17H,2,5-8H2,1H3,(H,27,28)(H,29,32);3-6,9-11,13-14H,2,7-8H2,1H3,(H,25,26)(H,27,31). The van der Waals surface area contributed by atoms with Crippen LogP contribution >= 0.6 is 0 Å². The highest BCUT2D eigenvalue weighted by molar-refractivity contribution is 6.05. The van der Waals surface area contributed by atoms with Crippen LogP contribution in [0.2, 0.25) is 0 Å². The lowest BCUT2D eigenvalue weighted by Crippen LogP contribution is -2.33. The van der Waals surface area contributed by atoms with Crippen LogP contribution in [0.25, 0.3) is 45.4 Å². The zero-order valence-corrected chi connectivity index (χ0v) is 36.3. The number of nitrogens with one attached hydrogen (secondary N) is 4. The third-order valence-electron chi connectivity index (χ3n) is 11.5. The summed E-state index contributed by atoms with van der Waals surface area (Å²) in [6.07, 6.45) is 16.8. The number of nitrogens with zero attached hydrogens (tertiary/aromatic N) is 8. The van der Waals surface area contributed by atoms with Gasteiger partial charge in [-0.3, -0.25) is 34.1 Å². The molecule has 346 valence electrons. The van der Waals surface area contributed by atoms with E-state index in [1.165, 1.54) is 24.4 Å². The molecular weight excluding hydrogens is 874 g/mol. The molecule has 2 aliphatic rings. The van der Waals surface area contributed by atoms with Crippen molar-refractivity contribution >= 4 is 23.2 Å². The van der Waals surface area contributed by atoms with Crippen molar-refractivity contribution in [3.63, 3.8) is 0 Å². The van der Waals surface area contributed by atoms with E-state index in [9.17, 15) is 22.8 Å². The summed E-state index contributed by atoms with van der Waals surface area (Å²) < 4.78 is 68.9. The summed E-state index contributed by atoms with van der Waals surface area (Å²) in [4.78, 5) is 33.6. The minimum Gasteiger partial charge on any atom is -0.451 e. The molecule has 8 aromatic rings. The third-order valence-corrected chi connectivity index (χ3v) is 11.5. The first-order valence-corrected chi connectivity index (χ1v) is 21.8. The number of halogens is 3. The zero-order valence-electron chi connectivity index (χ0n) is 36.3. The number of carbonyl (C=O) groups excluding carboxylic acids is 2. The van der Waals surface area contributed by atoms with E-state index in [0.29, 0.717) is 36.0 Å². The fourth-order valence-electron chi connectivity index (χ4n) is 8.04. The number of hydrogen-bond acceptors (Lipinski definition) is 12. The molecule has 4 N–H and O–H groups in total. The summed E-state index contributed by atoms with van der Waals surface area (Å²) in [6, 6.07) is 11.3. The number of H-pyrrole nitrogens is 2. The number of carbonyl (C=O) groups is 2. The predicted molar refractivity (Wildman–Crippen MR) is 236 cm³/mol. The molecule has 2 aliphatic carbocycles. The van der Waals surface area contributed by atoms with Gasteiger partial charge in [-0.2, -0.15) is 24.8 Å². The van der Waals surface area contributed by atoms with Crippen molar-refractivity contribution < 1.29 is 41.1 Å². The van der Waals surface area contributed by atoms with Crippen LogP contribution in [0, 0.1) is 17.6 Å². The minimum absolute atomic E-state index is 0.0129. The molecular formula is C46H45F3N12O6. The fraction of sp³-hybridized carbons (Fsp3) is 0.304. The van der Waals surface area contributed by atoms with Crippen molar-refractivity contribution in [2.24, 2.45) is 0 Å². The second-order valence-electron chi connectivity index (χ2n) is 15.8. The first kappa shape index (κ1) is 44.5. The van der Waals surface area contributed by atoms with Crippen LogP contribution in [0.1, 0.15) is 85.6 Å². The minimum atomic E-state index is -0.853. The van der Waals surface area contributed by atoms with Gasteiger partial charge in [0.1, 0.15) is 34.3 Å². The normalized spacial score (nSPS) is 17.9. The molecule has 2 amide bonds. The third kappa shape index (κ3) is 9.97. The molecule has 0 saturated heterocycles. The molecule has 0 aliphatic heterocycles. The molecule has 2 fully saturated rings. The second-order valence-corrected chi connectivity index (χ2v) is 15.8. The van der Waals surface area contributed by atoms with Gasteiger partial charge in [-0.15, -0.1) is 0 Å². The Kier molecular flexibility index (Phi) is 13.2. The van der Waals surface area contributed by atoms with Gasteiger partial charge >= 0.3 is 0 Å². The summed E-state index contributed by atoms with van der Waals surface area (Å²) in [5.41, 5.74) is 2.07. The summed E-state index contributed by atoms with van der Waals surface area (Å²) in [5, 5.41) is 27.7. The zero-order chi connectivity index (χ0) is 46.4. The number of anilines is 2. The monoisotopic (exact) mass is 918 g/mol. The number of ether oxygens (including phenoxy) is 2. The van der Waals surface area contributed by atoms with E-state index < -0.39 is 29.4 Å². The molecule has 0 aromatic carbocycles. The lowest BCUT2D eigenvalue weighted by molar-refractivity contribution is -0.0226. The van der Waals surface area contributed by atoms with Gasteiger partial charge in [-0.25, -0.2) is 13.8 Å².